The third kappa shape index (κ3) is 2.68. The number of nitrogens with two attached hydrogens (primary N) is 1. The van der Waals surface area contributed by atoms with Crippen molar-refractivity contribution in [3.8, 4) is 11.5 Å². The van der Waals surface area contributed by atoms with E-state index in [1.54, 1.807) is 0 Å². The Labute approximate surface area is 135 Å². The molecule has 3 rings (SSSR count). The second-order valence-corrected chi connectivity index (χ2v) is 7.40. The van der Waals surface area contributed by atoms with Gasteiger partial charge in [-0.1, -0.05) is 33.1 Å². The molecule has 0 atom stereocenters. The first-order chi connectivity index (χ1) is 10.0. The van der Waals surface area contributed by atoms with Crippen molar-refractivity contribution in [3.05, 3.63) is 21.7 Å². The summed E-state index contributed by atoms with van der Waals surface area (Å²) >= 11 is 3.65. The number of halogens is 1. The van der Waals surface area contributed by atoms with Gasteiger partial charge in [-0.2, -0.15) is 0 Å². The molecule has 0 spiro atoms. The van der Waals surface area contributed by atoms with E-state index in [1.807, 2.05) is 0 Å². The van der Waals surface area contributed by atoms with Gasteiger partial charge < -0.3 is 15.2 Å². The molecular formula is C17H24BrNO2. The SMILES string of the molecule is CC(C)c1c(C2(N)CCCCC2)cc(Br)c2c1OCCO2. The fourth-order valence-corrected chi connectivity index (χ4v) is 4.15. The molecular weight excluding hydrogens is 330 g/mol. The Morgan fingerprint density at radius 3 is 2.33 bits per heavy atom. The van der Waals surface area contributed by atoms with E-state index in [4.69, 9.17) is 15.2 Å². The maximum absolute atomic E-state index is 6.80. The minimum Gasteiger partial charge on any atom is -0.486 e. The molecule has 4 heteroatoms. The van der Waals surface area contributed by atoms with E-state index in [1.165, 1.54) is 30.4 Å². The molecule has 1 heterocycles. The first-order valence-electron chi connectivity index (χ1n) is 7.94. The number of hydrogen-bond donors (Lipinski definition) is 1. The maximum atomic E-state index is 6.80. The molecule has 0 aromatic heterocycles. The van der Waals surface area contributed by atoms with Gasteiger partial charge in [0.25, 0.3) is 0 Å². The predicted molar refractivity (Wildman–Crippen MR) is 88.2 cm³/mol. The standard InChI is InChI=1S/C17H24BrNO2/c1-11(2)14-12(17(19)6-4-3-5-7-17)10-13(18)15-16(14)21-9-8-20-15/h10-11H,3-9,19H2,1-2H3. The van der Waals surface area contributed by atoms with Crippen LogP contribution in [0.15, 0.2) is 10.5 Å². The molecule has 0 radical (unpaired) electrons. The van der Waals surface area contributed by atoms with E-state index in [9.17, 15) is 0 Å². The van der Waals surface area contributed by atoms with E-state index >= 15 is 0 Å². The monoisotopic (exact) mass is 353 g/mol. The Morgan fingerprint density at radius 1 is 1.10 bits per heavy atom. The zero-order chi connectivity index (χ0) is 15.0. The third-order valence-electron chi connectivity index (χ3n) is 4.66. The van der Waals surface area contributed by atoms with Crippen LogP contribution in [-0.4, -0.2) is 13.2 Å². The average molecular weight is 354 g/mol. The van der Waals surface area contributed by atoms with E-state index in [2.05, 4.69) is 35.8 Å². The van der Waals surface area contributed by atoms with Gasteiger partial charge in [-0.25, -0.2) is 0 Å². The molecule has 1 aromatic rings. The lowest BCUT2D eigenvalue weighted by molar-refractivity contribution is 0.167. The molecule has 21 heavy (non-hydrogen) atoms. The van der Waals surface area contributed by atoms with Crippen molar-refractivity contribution in [1.82, 2.24) is 0 Å². The highest BCUT2D eigenvalue weighted by atomic mass is 79.9. The lowest BCUT2D eigenvalue weighted by Crippen LogP contribution is -2.40. The Morgan fingerprint density at radius 2 is 1.71 bits per heavy atom. The van der Waals surface area contributed by atoms with Crippen LogP contribution in [0.5, 0.6) is 11.5 Å². The predicted octanol–water partition coefficient (Wildman–Crippen LogP) is 4.46. The lowest BCUT2D eigenvalue weighted by atomic mass is 9.74. The molecule has 1 aliphatic heterocycles. The van der Waals surface area contributed by atoms with Gasteiger partial charge in [0.1, 0.15) is 13.2 Å². The lowest BCUT2D eigenvalue weighted by Gasteiger charge is -2.38. The van der Waals surface area contributed by atoms with Crippen molar-refractivity contribution in [2.24, 2.45) is 5.73 Å². The van der Waals surface area contributed by atoms with Crippen molar-refractivity contribution in [2.45, 2.75) is 57.4 Å². The van der Waals surface area contributed by atoms with Gasteiger partial charge in [0.2, 0.25) is 0 Å². The highest BCUT2D eigenvalue weighted by Crippen LogP contribution is 2.49. The summed E-state index contributed by atoms with van der Waals surface area (Å²) in [7, 11) is 0. The maximum Gasteiger partial charge on any atom is 0.175 e. The molecule has 0 saturated heterocycles. The molecule has 0 bridgehead atoms. The van der Waals surface area contributed by atoms with Crippen LogP contribution in [0, 0.1) is 0 Å². The zero-order valence-corrected chi connectivity index (χ0v) is 14.5. The van der Waals surface area contributed by atoms with Crippen LogP contribution in [0.3, 0.4) is 0 Å². The topological polar surface area (TPSA) is 44.5 Å². The fraction of sp³-hybridized carbons (Fsp3) is 0.647. The molecule has 2 N–H and O–H groups in total. The van der Waals surface area contributed by atoms with Crippen molar-refractivity contribution < 1.29 is 9.47 Å². The quantitative estimate of drug-likeness (QED) is 0.853. The molecule has 0 unspecified atom stereocenters. The fourth-order valence-electron chi connectivity index (χ4n) is 3.63. The van der Waals surface area contributed by atoms with E-state index < -0.39 is 0 Å². The van der Waals surface area contributed by atoms with Gasteiger partial charge in [-0.05, 0) is 46.3 Å². The summed E-state index contributed by atoms with van der Waals surface area (Å²) in [5.41, 5.74) is 9.06. The highest BCUT2D eigenvalue weighted by molar-refractivity contribution is 9.10. The Bertz CT molecular complexity index is 536. The van der Waals surface area contributed by atoms with Gasteiger partial charge in [0, 0.05) is 11.1 Å². The number of fused-ring (bicyclic) bond motifs is 1. The normalized spacial score (nSPS) is 20.6. The van der Waals surface area contributed by atoms with Crippen LogP contribution >= 0.6 is 15.9 Å². The molecule has 1 aromatic carbocycles. The summed E-state index contributed by atoms with van der Waals surface area (Å²) in [6.45, 7) is 5.63. The first kappa shape index (κ1) is 15.2. The Hall–Kier alpha value is -0.740. The molecule has 1 saturated carbocycles. The van der Waals surface area contributed by atoms with Crippen LogP contribution < -0.4 is 15.2 Å². The minimum absolute atomic E-state index is 0.226. The average Bonchev–Trinajstić information content (AvgIpc) is 2.47. The second-order valence-electron chi connectivity index (χ2n) is 6.55. The van der Waals surface area contributed by atoms with E-state index in [-0.39, 0.29) is 5.54 Å². The van der Waals surface area contributed by atoms with Crippen molar-refractivity contribution in [3.63, 3.8) is 0 Å². The highest BCUT2D eigenvalue weighted by Gasteiger charge is 2.36. The largest absolute Gasteiger partial charge is 0.486 e. The smallest absolute Gasteiger partial charge is 0.175 e. The van der Waals surface area contributed by atoms with Crippen molar-refractivity contribution >= 4 is 15.9 Å². The number of hydrogen-bond acceptors (Lipinski definition) is 3. The van der Waals surface area contributed by atoms with Gasteiger partial charge in [0.05, 0.1) is 4.47 Å². The molecule has 3 nitrogen and oxygen atoms in total. The molecule has 1 fully saturated rings. The van der Waals surface area contributed by atoms with E-state index in [0.717, 1.165) is 28.8 Å². The third-order valence-corrected chi connectivity index (χ3v) is 5.25. The van der Waals surface area contributed by atoms with Gasteiger partial charge >= 0.3 is 0 Å². The van der Waals surface area contributed by atoms with Crippen LogP contribution in [0.2, 0.25) is 0 Å². The van der Waals surface area contributed by atoms with Crippen LogP contribution in [0.25, 0.3) is 0 Å². The summed E-state index contributed by atoms with van der Waals surface area (Å²) in [5.74, 6) is 2.11. The zero-order valence-electron chi connectivity index (χ0n) is 12.9. The van der Waals surface area contributed by atoms with E-state index in [0.29, 0.717) is 19.1 Å². The molecule has 2 aliphatic rings. The van der Waals surface area contributed by atoms with Gasteiger partial charge in [-0.3, -0.25) is 0 Å². The second kappa shape index (κ2) is 5.81. The van der Waals surface area contributed by atoms with Crippen molar-refractivity contribution in [2.75, 3.05) is 13.2 Å². The van der Waals surface area contributed by atoms with Crippen molar-refractivity contribution in [1.29, 1.82) is 0 Å². The van der Waals surface area contributed by atoms with Gasteiger partial charge in [0.15, 0.2) is 11.5 Å². The minimum atomic E-state index is -0.226. The molecule has 0 amide bonds. The summed E-state index contributed by atoms with van der Waals surface area (Å²) in [5, 5.41) is 0. The summed E-state index contributed by atoms with van der Waals surface area (Å²) in [6, 6.07) is 2.17. The summed E-state index contributed by atoms with van der Waals surface area (Å²) in [6.07, 6.45) is 5.82. The summed E-state index contributed by atoms with van der Waals surface area (Å²) in [4.78, 5) is 0. The Balaban J connectivity index is 2.17. The Kier molecular flexibility index (Phi) is 4.19. The van der Waals surface area contributed by atoms with Crippen LogP contribution in [0.1, 0.15) is 63.0 Å². The molecule has 116 valence electrons. The number of ether oxygens (including phenoxy) is 2. The molecule has 1 aliphatic carbocycles. The summed E-state index contributed by atoms with van der Waals surface area (Å²) < 4.78 is 12.7. The number of rotatable bonds is 2. The number of benzene rings is 1. The van der Waals surface area contributed by atoms with Crippen LogP contribution in [0.4, 0.5) is 0 Å². The first-order valence-corrected chi connectivity index (χ1v) is 8.73. The van der Waals surface area contributed by atoms with Crippen LogP contribution in [-0.2, 0) is 5.54 Å². The van der Waals surface area contributed by atoms with Gasteiger partial charge in [-0.15, -0.1) is 0 Å².